The summed E-state index contributed by atoms with van der Waals surface area (Å²) >= 11 is 3.38. The van der Waals surface area contributed by atoms with Gasteiger partial charge in [-0.15, -0.1) is 10.2 Å². The molecule has 0 aliphatic heterocycles. The van der Waals surface area contributed by atoms with E-state index >= 15 is 0 Å². The normalized spacial score (nSPS) is 10.7. The fourth-order valence-electron chi connectivity index (χ4n) is 2.63. The summed E-state index contributed by atoms with van der Waals surface area (Å²) < 4.78 is 17.1. The van der Waals surface area contributed by atoms with Gasteiger partial charge in [-0.3, -0.25) is 14.2 Å². The van der Waals surface area contributed by atoms with Crippen LogP contribution in [0.15, 0.2) is 53.7 Å². The molecule has 29 heavy (non-hydrogen) atoms. The third-order valence-corrected chi connectivity index (χ3v) is 5.66. The fourth-order valence-corrected chi connectivity index (χ4v) is 3.85. The number of ketones is 1. The van der Waals surface area contributed by atoms with Gasteiger partial charge in [0.15, 0.2) is 10.9 Å². The first-order valence-electron chi connectivity index (χ1n) is 8.81. The van der Waals surface area contributed by atoms with Crippen LogP contribution in [0.3, 0.4) is 0 Å². The number of carbonyl (C=O) groups excluding carboxylic acids is 2. The van der Waals surface area contributed by atoms with Gasteiger partial charge in [0.2, 0.25) is 5.91 Å². The van der Waals surface area contributed by atoms with Gasteiger partial charge in [0.1, 0.15) is 11.6 Å². The summed E-state index contributed by atoms with van der Waals surface area (Å²) in [5, 5.41) is 11.4. The van der Waals surface area contributed by atoms with Gasteiger partial charge in [-0.05, 0) is 46.9 Å². The summed E-state index contributed by atoms with van der Waals surface area (Å²) in [6, 6.07) is 13.6. The molecular weight excluding hydrogens is 506 g/mol. The second-order valence-corrected chi connectivity index (χ2v) is 8.33. The molecule has 1 amide bonds. The number of hydrogen-bond acceptors (Lipinski definition) is 5. The van der Waals surface area contributed by atoms with Crippen molar-refractivity contribution in [2.45, 2.75) is 18.5 Å². The number of thioether (sulfide) groups is 1. The average molecular weight is 524 g/mol. The Morgan fingerprint density at radius 3 is 2.55 bits per heavy atom. The molecule has 0 aliphatic rings. The van der Waals surface area contributed by atoms with Gasteiger partial charge >= 0.3 is 0 Å². The molecule has 0 fully saturated rings. The topological polar surface area (TPSA) is 76.9 Å². The number of Topliss-reactive ketones (excluding diaryl/α,β-unsaturated/α-hetero) is 1. The largest absolute Gasteiger partial charge is 0.356 e. The maximum absolute atomic E-state index is 14.4. The monoisotopic (exact) mass is 524 g/mol. The van der Waals surface area contributed by atoms with Crippen LogP contribution in [0.2, 0.25) is 0 Å². The Morgan fingerprint density at radius 2 is 1.86 bits per heavy atom. The number of benzene rings is 2. The molecule has 3 rings (SSSR count). The summed E-state index contributed by atoms with van der Waals surface area (Å²) in [5.41, 5.74) is 0.917. The number of hydrogen-bond donors (Lipinski definition) is 1. The van der Waals surface area contributed by atoms with E-state index in [1.54, 1.807) is 34.9 Å². The van der Waals surface area contributed by atoms with Gasteiger partial charge in [0, 0.05) is 29.0 Å². The quantitative estimate of drug-likeness (QED) is 0.277. The first-order chi connectivity index (χ1) is 14.0. The van der Waals surface area contributed by atoms with Crippen molar-refractivity contribution in [3.8, 4) is 5.69 Å². The van der Waals surface area contributed by atoms with E-state index in [9.17, 15) is 14.0 Å². The molecule has 0 saturated heterocycles. The molecular formula is C20H18FIN4O2S. The number of carbonyl (C=O) groups is 2. The molecule has 0 aliphatic carbocycles. The molecule has 150 valence electrons. The van der Waals surface area contributed by atoms with E-state index in [1.807, 2.05) is 12.1 Å². The first-order valence-corrected chi connectivity index (χ1v) is 10.9. The van der Waals surface area contributed by atoms with Gasteiger partial charge in [0.05, 0.1) is 11.4 Å². The number of amides is 1. The Morgan fingerprint density at radius 1 is 1.14 bits per heavy atom. The van der Waals surface area contributed by atoms with Crippen molar-refractivity contribution in [3.63, 3.8) is 0 Å². The lowest BCUT2D eigenvalue weighted by Gasteiger charge is -2.11. The third kappa shape index (κ3) is 5.63. The van der Waals surface area contributed by atoms with Crippen LogP contribution in [0.1, 0.15) is 23.1 Å². The Balaban J connectivity index is 1.83. The molecule has 0 saturated carbocycles. The average Bonchev–Trinajstić information content (AvgIpc) is 3.09. The van der Waals surface area contributed by atoms with Gasteiger partial charge in [-0.25, -0.2) is 4.39 Å². The molecule has 0 atom stereocenters. The van der Waals surface area contributed by atoms with Crippen molar-refractivity contribution >= 4 is 46.0 Å². The highest BCUT2D eigenvalue weighted by Gasteiger charge is 2.18. The van der Waals surface area contributed by atoms with Gasteiger partial charge in [-0.1, -0.05) is 36.0 Å². The molecule has 0 radical (unpaired) electrons. The van der Waals surface area contributed by atoms with Crippen LogP contribution in [0.5, 0.6) is 0 Å². The Kier molecular flexibility index (Phi) is 7.37. The highest BCUT2D eigenvalue weighted by atomic mass is 127. The predicted molar refractivity (Wildman–Crippen MR) is 118 cm³/mol. The number of nitrogens with zero attached hydrogens (tertiary/aromatic N) is 3. The number of aromatic nitrogens is 3. The Hall–Kier alpha value is -2.27. The minimum atomic E-state index is -0.418. The third-order valence-electron chi connectivity index (χ3n) is 4.01. The Bertz CT molecular complexity index is 1020. The number of rotatable bonds is 8. The van der Waals surface area contributed by atoms with Crippen LogP contribution >= 0.6 is 34.4 Å². The molecule has 2 aromatic carbocycles. The minimum Gasteiger partial charge on any atom is -0.356 e. The van der Waals surface area contributed by atoms with Crippen LogP contribution in [-0.2, 0) is 11.2 Å². The van der Waals surface area contributed by atoms with Crippen LogP contribution < -0.4 is 5.32 Å². The zero-order valence-corrected chi connectivity index (χ0v) is 18.5. The van der Waals surface area contributed by atoms with E-state index in [1.165, 1.54) is 24.8 Å². The van der Waals surface area contributed by atoms with Crippen LogP contribution in [0, 0.1) is 9.39 Å². The smallest absolute Gasteiger partial charge is 0.216 e. The molecule has 1 N–H and O–H groups in total. The van der Waals surface area contributed by atoms with Crippen molar-refractivity contribution in [2.24, 2.45) is 0 Å². The van der Waals surface area contributed by atoms with Crippen molar-refractivity contribution in [2.75, 3.05) is 12.3 Å². The standard InChI is InChI=1S/C20H18FIN4O2S/c1-13(27)23-11-10-19-24-25-20(26(19)17-5-3-2-4-16(17)21)29-12-18(28)14-6-8-15(22)9-7-14/h2-9H,10-12H2,1H3,(H,23,27). The second kappa shape index (κ2) is 9.97. The molecule has 9 heteroatoms. The minimum absolute atomic E-state index is 0.0470. The Labute approximate surface area is 185 Å². The zero-order valence-electron chi connectivity index (χ0n) is 15.6. The van der Waals surface area contributed by atoms with Crippen LogP contribution in [-0.4, -0.2) is 38.8 Å². The first kappa shape index (κ1) is 21.4. The lowest BCUT2D eigenvalue weighted by molar-refractivity contribution is -0.118. The SMILES string of the molecule is CC(=O)NCCc1nnc(SCC(=O)c2ccc(I)cc2)n1-c1ccccc1F. The highest BCUT2D eigenvalue weighted by Crippen LogP contribution is 2.25. The summed E-state index contributed by atoms with van der Waals surface area (Å²) in [6.45, 7) is 1.78. The maximum Gasteiger partial charge on any atom is 0.216 e. The molecule has 1 aromatic heterocycles. The van der Waals surface area contributed by atoms with Crippen molar-refractivity contribution in [3.05, 3.63) is 69.3 Å². The summed E-state index contributed by atoms with van der Waals surface area (Å²) in [4.78, 5) is 23.6. The second-order valence-electron chi connectivity index (χ2n) is 6.14. The number of halogens is 2. The summed E-state index contributed by atoms with van der Waals surface area (Å²) in [6.07, 6.45) is 0.381. The van der Waals surface area contributed by atoms with E-state index in [0.717, 1.165) is 3.57 Å². The predicted octanol–water partition coefficient (Wildman–Crippen LogP) is 3.66. The van der Waals surface area contributed by atoms with E-state index < -0.39 is 5.82 Å². The van der Waals surface area contributed by atoms with Crippen LogP contribution in [0.25, 0.3) is 5.69 Å². The number of nitrogens with one attached hydrogen (secondary N) is 1. The van der Waals surface area contributed by atoms with Gasteiger partial charge < -0.3 is 5.32 Å². The highest BCUT2D eigenvalue weighted by molar-refractivity contribution is 14.1. The van der Waals surface area contributed by atoms with E-state index in [0.29, 0.717) is 35.2 Å². The molecule has 3 aromatic rings. The van der Waals surface area contributed by atoms with E-state index in [-0.39, 0.29) is 17.4 Å². The van der Waals surface area contributed by atoms with Gasteiger partial charge in [-0.2, -0.15) is 0 Å². The molecule has 6 nitrogen and oxygen atoms in total. The lowest BCUT2D eigenvalue weighted by Crippen LogP contribution is -2.23. The van der Waals surface area contributed by atoms with Crippen molar-refractivity contribution in [1.82, 2.24) is 20.1 Å². The summed E-state index contributed by atoms with van der Waals surface area (Å²) in [7, 11) is 0. The lowest BCUT2D eigenvalue weighted by atomic mass is 10.2. The molecule has 0 bridgehead atoms. The van der Waals surface area contributed by atoms with E-state index in [4.69, 9.17) is 0 Å². The summed E-state index contributed by atoms with van der Waals surface area (Å²) in [5.74, 6) is 0.0414. The maximum atomic E-state index is 14.4. The number of para-hydroxylation sites is 1. The fraction of sp³-hybridized carbons (Fsp3) is 0.200. The van der Waals surface area contributed by atoms with Gasteiger partial charge in [0.25, 0.3) is 0 Å². The molecule has 1 heterocycles. The van der Waals surface area contributed by atoms with Crippen molar-refractivity contribution in [1.29, 1.82) is 0 Å². The molecule has 0 spiro atoms. The van der Waals surface area contributed by atoms with E-state index in [2.05, 4.69) is 38.1 Å². The molecule has 0 unspecified atom stereocenters. The zero-order chi connectivity index (χ0) is 20.8. The van der Waals surface area contributed by atoms with Crippen LogP contribution in [0.4, 0.5) is 4.39 Å². The van der Waals surface area contributed by atoms with Crippen molar-refractivity contribution < 1.29 is 14.0 Å².